The van der Waals surface area contributed by atoms with Crippen LogP contribution in [0.15, 0.2) is 27.6 Å². The Balaban J connectivity index is 3.25. The third-order valence-electron chi connectivity index (χ3n) is 1.63. The smallest absolute Gasteiger partial charge is 0.262 e. The van der Waals surface area contributed by atoms with Crippen molar-refractivity contribution in [1.29, 1.82) is 0 Å². The van der Waals surface area contributed by atoms with E-state index in [4.69, 9.17) is 0 Å². The van der Waals surface area contributed by atoms with Gasteiger partial charge in [0.15, 0.2) is 0 Å². The SMILES string of the molecule is CONS(=O)(=O)c1cc(Br)ccc1C. The van der Waals surface area contributed by atoms with Crippen LogP contribution in [0.2, 0.25) is 0 Å². The summed E-state index contributed by atoms with van der Waals surface area (Å²) < 4.78 is 23.8. The van der Waals surface area contributed by atoms with E-state index < -0.39 is 10.0 Å². The summed E-state index contributed by atoms with van der Waals surface area (Å²) in [7, 11) is -2.31. The molecule has 0 amide bonds. The van der Waals surface area contributed by atoms with Crippen LogP contribution in [0.1, 0.15) is 5.56 Å². The van der Waals surface area contributed by atoms with Gasteiger partial charge in [-0.15, -0.1) is 0 Å². The van der Waals surface area contributed by atoms with Crippen molar-refractivity contribution >= 4 is 26.0 Å². The lowest BCUT2D eigenvalue weighted by Crippen LogP contribution is -2.23. The molecule has 0 spiro atoms. The molecule has 1 aromatic rings. The molecule has 0 aliphatic rings. The third kappa shape index (κ3) is 2.54. The van der Waals surface area contributed by atoms with E-state index >= 15 is 0 Å². The van der Waals surface area contributed by atoms with Crippen molar-refractivity contribution in [3.63, 3.8) is 0 Å². The van der Waals surface area contributed by atoms with Crippen LogP contribution in [0.3, 0.4) is 0 Å². The number of hydrogen-bond acceptors (Lipinski definition) is 3. The molecule has 0 heterocycles. The van der Waals surface area contributed by atoms with Gasteiger partial charge in [0.05, 0.1) is 12.0 Å². The first-order valence-electron chi connectivity index (χ1n) is 3.78. The summed E-state index contributed by atoms with van der Waals surface area (Å²) in [6, 6.07) is 5.02. The Morgan fingerprint density at radius 2 is 2.07 bits per heavy atom. The zero-order valence-electron chi connectivity index (χ0n) is 7.74. The summed E-state index contributed by atoms with van der Waals surface area (Å²) >= 11 is 3.21. The molecule has 0 aliphatic carbocycles. The van der Waals surface area contributed by atoms with Crippen molar-refractivity contribution < 1.29 is 13.3 Å². The second kappa shape index (κ2) is 4.39. The predicted octanol–water partition coefficient (Wildman–Crippen LogP) is 1.60. The molecule has 1 N–H and O–H groups in total. The molecular formula is C8H10BrNO3S. The van der Waals surface area contributed by atoms with Gasteiger partial charge in [-0.05, 0) is 24.6 Å². The number of benzene rings is 1. The molecule has 78 valence electrons. The van der Waals surface area contributed by atoms with E-state index in [1.54, 1.807) is 19.1 Å². The Morgan fingerprint density at radius 1 is 1.43 bits per heavy atom. The standard InChI is InChI=1S/C8H10BrNO3S/c1-6-3-4-7(9)5-8(6)14(11,12)10-13-2/h3-5,10H,1-2H3. The summed E-state index contributed by atoms with van der Waals surface area (Å²) in [6.07, 6.45) is 0. The second-order valence-corrected chi connectivity index (χ2v) is 5.23. The largest absolute Gasteiger partial charge is 0.290 e. The summed E-state index contributed by atoms with van der Waals surface area (Å²) in [5.41, 5.74) is 0.665. The highest BCUT2D eigenvalue weighted by molar-refractivity contribution is 9.10. The minimum Gasteiger partial charge on any atom is -0.290 e. The van der Waals surface area contributed by atoms with E-state index in [-0.39, 0.29) is 4.90 Å². The molecule has 0 fully saturated rings. The summed E-state index contributed by atoms with van der Waals surface area (Å²) in [5.74, 6) is 0. The Hall–Kier alpha value is -0.430. The van der Waals surface area contributed by atoms with Crippen LogP contribution in [-0.4, -0.2) is 15.5 Å². The van der Waals surface area contributed by atoms with E-state index in [0.717, 1.165) is 0 Å². The lowest BCUT2D eigenvalue weighted by atomic mass is 10.2. The van der Waals surface area contributed by atoms with Gasteiger partial charge < -0.3 is 0 Å². The highest BCUT2D eigenvalue weighted by Gasteiger charge is 2.16. The fraction of sp³-hybridized carbons (Fsp3) is 0.250. The van der Waals surface area contributed by atoms with E-state index in [9.17, 15) is 8.42 Å². The number of aryl methyl sites for hydroxylation is 1. The van der Waals surface area contributed by atoms with Gasteiger partial charge in [0.1, 0.15) is 0 Å². The maximum absolute atomic E-state index is 11.5. The van der Waals surface area contributed by atoms with Crippen molar-refractivity contribution in [2.75, 3.05) is 7.11 Å². The molecule has 0 saturated heterocycles. The normalized spacial score (nSPS) is 11.6. The number of sulfonamides is 1. The quantitative estimate of drug-likeness (QED) is 0.856. The van der Waals surface area contributed by atoms with Gasteiger partial charge in [0.25, 0.3) is 10.0 Å². The van der Waals surface area contributed by atoms with Crippen LogP contribution in [-0.2, 0) is 14.9 Å². The summed E-state index contributed by atoms with van der Waals surface area (Å²) in [6.45, 7) is 1.72. The lowest BCUT2D eigenvalue weighted by molar-refractivity contribution is 0.153. The molecule has 0 aromatic heterocycles. The van der Waals surface area contributed by atoms with Crippen molar-refractivity contribution in [2.45, 2.75) is 11.8 Å². The number of halogens is 1. The fourth-order valence-electron chi connectivity index (χ4n) is 1.02. The molecule has 0 aliphatic heterocycles. The van der Waals surface area contributed by atoms with Gasteiger partial charge in [-0.25, -0.2) is 8.42 Å². The molecule has 6 heteroatoms. The van der Waals surface area contributed by atoms with Crippen LogP contribution in [0.5, 0.6) is 0 Å². The van der Waals surface area contributed by atoms with E-state index in [2.05, 4.69) is 20.8 Å². The molecule has 0 unspecified atom stereocenters. The molecule has 4 nitrogen and oxygen atoms in total. The van der Waals surface area contributed by atoms with Gasteiger partial charge in [0.2, 0.25) is 0 Å². The van der Waals surface area contributed by atoms with E-state index in [1.807, 2.05) is 4.89 Å². The molecule has 0 bridgehead atoms. The van der Waals surface area contributed by atoms with Gasteiger partial charge in [-0.3, -0.25) is 4.84 Å². The Labute approximate surface area is 91.4 Å². The van der Waals surface area contributed by atoms with Crippen LogP contribution in [0.25, 0.3) is 0 Å². The maximum Gasteiger partial charge on any atom is 0.262 e. The Kier molecular flexibility index (Phi) is 3.65. The van der Waals surface area contributed by atoms with Gasteiger partial charge in [0, 0.05) is 4.47 Å². The van der Waals surface area contributed by atoms with E-state index in [1.165, 1.54) is 13.2 Å². The highest BCUT2D eigenvalue weighted by atomic mass is 79.9. The first-order chi connectivity index (χ1) is 6.47. The summed E-state index contributed by atoms with van der Waals surface area (Å²) in [4.78, 5) is 6.56. The maximum atomic E-state index is 11.5. The number of rotatable bonds is 3. The second-order valence-electron chi connectivity index (χ2n) is 2.70. The van der Waals surface area contributed by atoms with Crippen LogP contribution in [0, 0.1) is 6.92 Å². The first-order valence-corrected chi connectivity index (χ1v) is 6.06. The minimum absolute atomic E-state index is 0.203. The van der Waals surface area contributed by atoms with Crippen molar-refractivity contribution in [2.24, 2.45) is 0 Å². The Bertz CT molecular complexity index is 430. The minimum atomic E-state index is -3.57. The average molecular weight is 280 g/mol. The van der Waals surface area contributed by atoms with Crippen molar-refractivity contribution in [1.82, 2.24) is 4.89 Å². The zero-order chi connectivity index (χ0) is 10.8. The molecule has 0 saturated carbocycles. The zero-order valence-corrected chi connectivity index (χ0v) is 10.1. The van der Waals surface area contributed by atoms with Crippen molar-refractivity contribution in [3.8, 4) is 0 Å². The predicted molar refractivity (Wildman–Crippen MR) is 56.2 cm³/mol. The topological polar surface area (TPSA) is 55.4 Å². The van der Waals surface area contributed by atoms with Crippen LogP contribution < -0.4 is 4.89 Å². The fourth-order valence-corrected chi connectivity index (χ4v) is 2.61. The van der Waals surface area contributed by atoms with Gasteiger partial charge >= 0.3 is 0 Å². The Morgan fingerprint density at radius 3 is 2.64 bits per heavy atom. The average Bonchev–Trinajstić information content (AvgIpc) is 2.09. The molecule has 1 rings (SSSR count). The van der Waals surface area contributed by atoms with Crippen LogP contribution in [0.4, 0.5) is 0 Å². The lowest BCUT2D eigenvalue weighted by Gasteiger charge is -2.07. The summed E-state index contributed by atoms with van der Waals surface area (Å²) in [5, 5.41) is 0. The highest BCUT2D eigenvalue weighted by Crippen LogP contribution is 2.20. The molecular weight excluding hydrogens is 270 g/mol. The van der Waals surface area contributed by atoms with Crippen LogP contribution >= 0.6 is 15.9 Å². The number of nitrogens with one attached hydrogen (secondary N) is 1. The van der Waals surface area contributed by atoms with Crippen molar-refractivity contribution in [3.05, 3.63) is 28.2 Å². The molecule has 1 aromatic carbocycles. The molecule has 14 heavy (non-hydrogen) atoms. The first kappa shape index (κ1) is 11.6. The molecule has 0 radical (unpaired) electrons. The van der Waals surface area contributed by atoms with E-state index in [0.29, 0.717) is 10.0 Å². The van der Waals surface area contributed by atoms with Gasteiger partial charge in [-0.1, -0.05) is 26.9 Å². The number of hydrogen-bond donors (Lipinski definition) is 1. The monoisotopic (exact) mass is 279 g/mol. The van der Waals surface area contributed by atoms with Gasteiger partial charge in [-0.2, -0.15) is 0 Å². The third-order valence-corrected chi connectivity index (χ3v) is 3.53. The molecule has 0 atom stereocenters.